The van der Waals surface area contributed by atoms with E-state index in [-0.39, 0.29) is 32.6 Å². The van der Waals surface area contributed by atoms with Crippen molar-refractivity contribution in [2.24, 2.45) is 0 Å². The summed E-state index contributed by atoms with van der Waals surface area (Å²) in [4.78, 5) is 24.6. The minimum absolute atomic E-state index is 0.0795. The van der Waals surface area contributed by atoms with Gasteiger partial charge >= 0.3 is 5.97 Å². The molecule has 0 saturated heterocycles. The van der Waals surface area contributed by atoms with Crippen LogP contribution in [0.3, 0.4) is 0 Å². The van der Waals surface area contributed by atoms with Crippen LogP contribution in [0.15, 0.2) is 41.3 Å². The molecule has 0 spiro atoms. The Morgan fingerprint density at radius 1 is 1.09 bits per heavy atom. The smallest absolute Gasteiger partial charge is 0.340 e. The molecule has 0 bridgehead atoms. The lowest BCUT2D eigenvalue weighted by Gasteiger charge is -2.26. The quantitative estimate of drug-likeness (QED) is 0.566. The Morgan fingerprint density at radius 2 is 1.84 bits per heavy atom. The molecule has 1 aliphatic heterocycles. The van der Waals surface area contributed by atoms with Gasteiger partial charge in [0.2, 0.25) is 10.0 Å². The van der Waals surface area contributed by atoms with E-state index in [4.69, 9.17) is 32.7 Å². The lowest BCUT2D eigenvalue weighted by molar-refractivity contribution is -0.125. The number of nitrogens with one attached hydrogen (secondary N) is 2. The number of amides is 1. The van der Waals surface area contributed by atoms with Gasteiger partial charge in [0.05, 0.1) is 28.3 Å². The Morgan fingerprint density at radius 3 is 2.59 bits per heavy atom. The van der Waals surface area contributed by atoms with Crippen molar-refractivity contribution in [3.05, 3.63) is 57.6 Å². The molecular formula is C21H20Cl2N2O6S. The molecule has 4 rings (SSSR count). The summed E-state index contributed by atoms with van der Waals surface area (Å²) in [6, 6.07) is 9.19. The number of ether oxygens (including phenoxy) is 2. The van der Waals surface area contributed by atoms with Crippen LogP contribution in [-0.2, 0) is 19.6 Å². The average Bonchev–Trinajstić information content (AvgIpc) is 3.55. The molecule has 0 radical (unpaired) electrons. The number of fused-ring (bicyclic) bond motifs is 1. The molecule has 1 atom stereocenters. The van der Waals surface area contributed by atoms with Gasteiger partial charge in [-0.3, -0.25) is 4.79 Å². The second kappa shape index (κ2) is 9.27. The van der Waals surface area contributed by atoms with Crippen molar-refractivity contribution >= 4 is 45.1 Å². The molecule has 8 nitrogen and oxygen atoms in total. The molecule has 2 aliphatic rings. The van der Waals surface area contributed by atoms with Gasteiger partial charge in [0.15, 0.2) is 6.61 Å². The molecule has 170 valence electrons. The molecule has 2 aromatic rings. The molecule has 1 unspecified atom stereocenters. The second-order valence-electron chi connectivity index (χ2n) is 7.53. The van der Waals surface area contributed by atoms with E-state index in [9.17, 15) is 18.0 Å². The molecule has 0 aromatic heterocycles. The molecule has 11 heteroatoms. The number of carbonyl (C=O) groups excluding carboxylic acids is 2. The van der Waals surface area contributed by atoms with Crippen molar-refractivity contribution < 1.29 is 27.5 Å². The van der Waals surface area contributed by atoms with Crippen LogP contribution in [-0.4, -0.2) is 39.5 Å². The van der Waals surface area contributed by atoms with Gasteiger partial charge in [-0.1, -0.05) is 41.4 Å². The van der Waals surface area contributed by atoms with E-state index < -0.39 is 28.5 Å². The minimum Gasteiger partial charge on any atom is -0.493 e. The Bertz CT molecular complexity index is 1170. The van der Waals surface area contributed by atoms with Gasteiger partial charge in [0, 0.05) is 18.0 Å². The summed E-state index contributed by atoms with van der Waals surface area (Å²) in [6.07, 6.45) is 2.06. The molecular weight excluding hydrogens is 479 g/mol. The first kappa shape index (κ1) is 22.8. The van der Waals surface area contributed by atoms with E-state index >= 15 is 0 Å². The van der Waals surface area contributed by atoms with Crippen molar-refractivity contribution in [2.45, 2.75) is 36.2 Å². The highest BCUT2D eigenvalue weighted by Gasteiger charge is 2.31. The molecule has 1 aliphatic carbocycles. The number of esters is 1. The van der Waals surface area contributed by atoms with Crippen molar-refractivity contribution in [1.29, 1.82) is 0 Å². The highest BCUT2D eigenvalue weighted by molar-refractivity contribution is 7.89. The zero-order valence-electron chi connectivity index (χ0n) is 16.8. The van der Waals surface area contributed by atoms with Gasteiger partial charge in [0.1, 0.15) is 10.6 Å². The number of para-hydroxylation sites is 1. The van der Waals surface area contributed by atoms with E-state index in [1.165, 1.54) is 6.07 Å². The van der Waals surface area contributed by atoms with E-state index in [0.717, 1.165) is 24.5 Å². The third-order valence-corrected chi connectivity index (χ3v) is 7.36. The van der Waals surface area contributed by atoms with Crippen LogP contribution in [0.1, 0.15) is 41.2 Å². The highest BCUT2D eigenvalue weighted by atomic mass is 35.5. The molecule has 1 fully saturated rings. The fourth-order valence-corrected chi connectivity index (χ4v) is 5.47. The zero-order chi connectivity index (χ0) is 22.9. The second-order valence-corrected chi connectivity index (χ2v) is 10.0. The summed E-state index contributed by atoms with van der Waals surface area (Å²) in [5.74, 6) is -0.743. The van der Waals surface area contributed by atoms with E-state index in [2.05, 4.69) is 10.0 Å². The Labute approximate surface area is 195 Å². The van der Waals surface area contributed by atoms with Crippen molar-refractivity contribution in [3.63, 3.8) is 0 Å². The number of carbonyl (C=O) groups is 2. The first-order chi connectivity index (χ1) is 15.2. The summed E-state index contributed by atoms with van der Waals surface area (Å²) in [5.41, 5.74) is 0.647. The van der Waals surface area contributed by atoms with Crippen molar-refractivity contribution in [1.82, 2.24) is 10.0 Å². The number of hydrogen-bond donors (Lipinski definition) is 2. The average molecular weight is 499 g/mol. The molecule has 1 amide bonds. The number of rotatable bonds is 7. The van der Waals surface area contributed by atoms with Crippen LogP contribution in [0.2, 0.25) is 10.0 Å². The highest BCUT2D eigenvalue weighted by Crippen LogP contribution is 2.32. The lowest BCUT2D eigenvalue weighted by atomic mass is 10.0. The van der Waals surface area contributed by atoms with Crippen LogP contribution in [0.25, 0.3) is 0 Å². The summed E-state index contributed by atoms with van der Waals surface area (Å²) < 4.78 is 38.2. The van der Waals surface area contributed by atoms with Crippen molar-refractivity contribution in [2.75, 3.05) is 13.2 Å². The first-order valence-corrected chi connectivity index (χ1v) is 12.2. The van der Waals surface area contributed by atoms with E-state index in [0.29, 0.717) is 18.8 Å². The van der Waals surface area contributed by atoms with E-state index in [1.807, 2.05) is 24.3 Å². The first-order valence-electron chi connectivity index (χ1n) is 9.94. The molecule has 1 heterocycles. The van der Waals surface area contributed by atoms with Crippen LogP contribution in [0.5, 0.6) is 5.75 Å². The fourth-order valence-electron chi connectivity index (χ4n) is 3.31. The SMILES string of the molecule is O=C(COC(=O)c1cc(S(=O)(=O)NC2CC2)c(Cl)cc1Cl)NC1CCOc2ccccc21. The summed E-state index contributed by atoms with van der Waals surface area (Å²) in [6.45, 7) is -0.103. The van der Waals surface area contributed by atoms with Crippen LogP contribution in [0.4, 0.5) is 0 Å². The van der Waals surface area contributed by atoms with Gasteiger partial charge in [-0.15, -0.1) is 0 Å². The van der Waals surface area contributed by atoms with Crippen LogP contribution >= 0.6 is 23.2 Å². The molecule has 1 saturated carbocycles. The minimum atomic E-state index is -3.92. The van der Waals surface area contributed by atoms with Gasteiger partial charge in [0.25, 0.3) is 5.91 Å². The third-order valence-electron chi connectivity index (χ3n) is 5.06. The predicted octanol–water partition coefficient (Wildman–Crippen LogP) is 3.23. The third kappa shape index (κ3) is 5.17. The standard InChI is InChI=1S/C21H20Cl2N2O6S/c22-15-10-16(23)19(32(28,29)25-12-5-6-12)9-14(15)21(27)31-11-20(26)24-17-7-8-30-18-4-2-1-3-13(17)18/h1-4,9-10,12,17,25H,5-8,11H2,(H,24,26). The fraction of sp³-hybridized carbons (Fsp3) is 0.333. The number of hydrogen-bond acceptors (Lipinski definition) is 6. The predicted molar refractivity (Wildman–Crippen MR) is 118 cm³/mol. The Hall–Kier alpha value is -2.33. The molecule has 2 N–H and O–H groups in total. The maximum absolute atomic E-state index is 12.5. The lowest BCUT2D eigenvalue weighted by Crippen LogP contribution is -2.35. The Balaban J connectivity index is 1.42. The monoisotopic (exact) mass is 498 g/mol. The molecule has 32 heavy (non-hydrogen) atoms. The summed E-state index contributed by atoms with van der Waals surface area (Å²) >= 11 is 12.1. The van der Waals surface area contributed by atoms with Crippen LogP contribution in [0, 0.1) is 0 Å². The summed E-state index contributed by atoms with van der Waals surface area (Å²) in [5, 5.41) is 2.62. The Kier molecular flexibility index (Phi) is 6.62. The normalized spacial score (nSPS) is 17.8. The summed E-state index contributed by atoms with van der Waals surface area (Å²) in [7, 11) is -3.92. The molecule has 2 aromatic carbocycles. The number of benzene rings is 2. The zero-order valence-corrected chi connectivity index (χ0v) is 19.1. The maximum Gasteiger partial charge on any atom is 0.340 e. The van der Waals surface area contributed by atoms with Gasteiger partial charge in [-0.2, -0.15) is 0 Å². The largest absolute Gasteiger partial charge is 0.493 e. The van der Waals surface area contributed by atoms with Gasteiger partial charge in [-0.05, 0) is 31.0 Å². The number of sulfonamides is 1. The van der Waals surface area contributed by atoms with Crippen molar-refractivity contribution in [3.8, 4) is 5.75 Å². The maximum atomic E-state index is 12.5. The number of halogens is 2. The van der Waals surface area contributed by atoms with Crippen LogP contribution < -0.4 is 14.8 Å². The van der Waals surface area contributed by atoms with E-state index in [1.54, 1.807) is 0 Å². The topological polar surface area (TPSA) is 111 Å². The van der Waals surface area contributed by atoms with Gasteiger partial charge < -0.3 is 14.8 Å². The van der Waals surface area contributed by atoms with Gasteiger partial charge in [-0.25, -0.2) is 17.9 Å².